The highest BCUT2D eigenvalue weighted by Crippen LogP contribution is 2.31. The average molecular weight is 592 g/mol. The van der Waals surface area contributed by atoms with Gasteiger partial charge in [0.25, 0.3) is 0 Å². The second-order valence-electron chi connectivity index (χ2n) is 13.3. The minimum absolute atomic E-state index is 0.0182. The summed E-state index contributed by atoms with van der Waals surface area (Å²) in [5, 5.41) is 16.9. The van der Waals surface area contributed by atoms with Gasteiger partial charge in [0.05, 0.1) is 23.8 Å². The van der Waals surface area contributed by atoms with E-state index in [1.165, 1.54) is 0 Å². The fourth-order valence-corrected chi connectivity index (χ4v) is 5.96. The largest absolute Gasteiger partial charge is 0.458 e. The number of hydrogen-bond donors (Lipinski definition) is 2. The van der Waals surface area contributed by atoms with E-state index in [4.69, 9.17) is 24.2 Å². The maximum absolute atomic E-state index is 11.9. The Balaban J connectivity index is 1.25. The Labute approximate surface area is 257 Å². The maximum atomic E-state index is 11.9. The first-order chi connectivity index (χ1) is 20.5. The average Bonchev–Trinajstić information content (AvgIpc) is 2.98. The van der Waals surface area contributed by atoms with E-state index in [1.807, 2.05) is 45.2 Å². The fourth-order valence-electron chi connectivity index (χ4n) is 5.96. The van der Waals surface area contributed by atoms with Gasteiger partial charge in [-0.15, -0.1) is 0 Å². The predicted octanol–water partition coefficient (Wildman–Crippen LogP) is 5.62. The molecule has 9 nitrogen and oxygen atoms in total. The number of aromatic nitrogens is 2. The molecule has 43 heavy (non-hydrogen) atoms. The Hall–Kier alpha value is -3.06. The molecule has 3 heterocycles. The van der Waals surface area contributed by atoms with Gasteiger partial charge in [0.1, 0.15) is 18.0 Å². The van der Waals surface area contributed by atoms with Crippen molar-refractivity contribution in [1.29, 1.82) is 5.26 Å². The molecule has 2 fully saturated rings. The van der Waals surface area contributed by atoms with Gasteiger partial charge in [-0.2, -0.15) is 5.26 Å². The van der Waals surface area contributed by atoms with E-state index in [0.29, 0.717) is 38.3 Å². The van der Waals surface area contributed by atoms with Gasteiger partial charge in [-0.05, 0) is 109 Å². The lowest BCUT2D eigenvalue weighted by molar-refractivity contribution is -0.160. The summed E-state index contributed by atoms with van der Waals surface area (Å²) < 4.78 is 16.4. The van der Waals surface area contributed by atoms with E-state index in [1.54, 1.807) is 0 Å². The van der Waals surface area contributed by atoms with Crippen LogP contribution in [-0.4, -0.2) is 66.6 Å². The lowest BCUT2D eigenvalue weighted by atomic mass is 9.82. The number of esters is 1. The molecule has 1 saturated carbocycles. The number of nitriles is 1. The summed E-state index contributed by atoms with van der Waals surface area (Å²) in [5.74, 6) is 1.06. The van der Waals surface area contributed by atoms with Gasteiger partial charge in [0, 0.05) is 49.3 Å². The highest BCUT2D eigenvalue weighted by atomic mass is 16.6. The van der Waals surface area contributed by atoms with Crippen LogP contribution in [-0.2, 0) is 25.4 Å². The fraction of sp³-hybridized carbons (Fsp3) is 0.647. The lowest BCUT2D eigenvalue weighted by Gasteiger charge is -2.31. The molecule has 9 heteroatoms. The van der Waals surface area contributed by atoms with Gasteiger partial charge < -0.3 is 24.8 Å². The molecular formula is C34H49N5O4. The first-order valence-corrected chi connectivity index (χ1v) is 15.8. The van der Waals surface area contributed by atoms with E-state index in [9.17, 15) is 10.1 Å². The van der Waals surface area contributed by atoms with Gasteiger partial charge in [0.2, 0.25) is 0 Å². The molecule has 0 unspecified atom stereocenters. The van der Waals surface area contributed by atoms with Crippen molar-refractivity contribution in [3.05, 3.63) is 41.7 Å². The summed E-state index contributed by atoms with van der Waals surface area (Å²) in [6.07, 6.45) is 8.94. The molecule has 1 saturated heterocycles. The number of carbonyl (C=O) groups excluding carboxylic acids is 1. The zero-order valence-electron chi connectivity index (χ0n) is 26.6. The van der Waals surface area contributed by atoms with Crippen LogP contribution in [0.15, 0.2) is 30.5 Å². The Morgan fingerprint density at radius 1 is 1.21 bits per heavy atom. The van der Waals surface area contributed by atoms with Crippen LogP contribution >= 0.6 is 0 Å². The molecule has 2 aromatic heterocycles. The molecule has 1 aliphatic carbocycles. The molecule has 0 spiro atoms. The Morgan fingerprint density at radius 3 is 2.65 bits per heavy atom. The summed E-state index contributed by atoms with van der Waals surface area (Å²) in [6.45, 7) is 12.0. The summed E-state index contributed by atoms with van der Waals surface area (Å²) in [4.78, 5) is 21.5. The van der Waals surface area contributed by atoms with E-state index < -0.39 is 11.0 Å². The molecule has 2 N–H and O–H groups in total. The van der Waals surface area contributed by atoms with Gasteiger partial charge in [0.15, 0.2) is 0 Å². The second-order valence-corrected chi connectivity index (χ2v) is 13.3. The van der Waals surface area contributed by atoms with Crippen LogP contribution in [0.3, 0.4) is 0 Å². The molecule has 4 rings (SSSR count). The van der Waals surface area contributed by atoms with Crippen molar-refractivity contribution in [2.24, 2.45) is 11.3 Å². The van der Waals surface area contributed by atoms with Crippen molar-refractivity contribution in [1.82, 2.24) is 15.3 Å². The van der Waals surface area contributed by atoms with Crippen LogP contribution in [0.4, 0.5) is 5.82 Å². The van der Waals surface area contributed by atoms with Gasteiger partial charge >= 0.3 is 5.97 Å². The van der Waals surface area contributed by atoms with Crippen molar-refractivity contribution >= 4 is 11.8 Å². The third-order valence-electron chi connectivity index (χ3n) is 8.35. The van der Waals surface area contributed by atoms with Crippen LogP contribution in [0.2, 0.25) is 0 Å². The van der Waals surface area contributed by atoms with E-state index in [-0.39, 0.29) is 18.6 Å². The number of hydrogen-bond acceptors (Lipinski definition) is 9. The quantitative estimate of drug-likeness (QED) is 0.303. The molecule has 0 aromatic carbocycles. The van der Waals surface area contributed by atoms with E-state index in [2.05, 4.69) is 36.6 Å². The first-order valence-electron chi connectivity index (χ1n) is 15.8. The molecule has 0 amide bonds. The topological polar surface area (TPSA) is 118 Å². The minimum Gasteiger partial charge on any atom is -0.458 e. The highest BCUT2D eigenvalue weighted by Gasteiger charge is 2.32. The van der Waals surface area contributed by atoms with Crippen LogP contribution in [0.5, 0.6) is 0 Å². The smallest absolute Gasteiger partial charge is 0.332 e. The lowest BCUT2D eigenvalue weighted by Crippen LogP contribution is -2.41. The predicted molar refractivity (Wildman–Crippen MR) is 168 cm³/mol. The normalized spacial score (nSPS) is 21.0. The molecule has 234 valence electrons. The SMILES string of the molecule is Cc1cnc(CC2CCC(N[C@H](C)COCC(=O)OC(C)(C)C)CC2)cc1-c1cccc(NCC2(C#N)CCOCC2)n1. The molecular weight excluding hydrogens is 542 g/mol. The number of anilines is 1. The Morgan fingerprint density at radius 2 is 1.95 bits per heavy atom. The third kappa shape index (κ3) is 10.3. The summed E-state index contributed by atoms with van der Waals surface area (Å²) in [7, 11) is 0. The molecule has 1 atom stereocenters. The number of aryl methyl sites for hydroxylation is 1. The number of rotatable bonds is 12. The van der Waals surface area contributed by atoms with E-state index >= 15 is 0 Å². The first kappa shape index (κ1) is 32.8. The molecule has 0 radical (unpaired) electrons. The number of nitrogens with one attached hydrogen (secondary N) is 2. The zero-order chi connectivity index (χ0) is 30.9. The van der Waals surface area contributed by atoms with Crippen LogP contribution in [0, 0.1) is 29.6 Å². The van der Waals surface area contributed by atoms with Gasteiger partial charge in [-0.25, -0.2) is 9.78 Å². The summed E-state index contributed by atoms with van der Waals surface area (Å²) >= 11 is 0. The monoisotopic (exact) mass is 591 g/mol. The van der Waals surface area contributed by atoms with Gasteiger partial charge in [-0.1, -0.05) is 6.07 Å². The number of carbonyl (C=O) groups is 1. The van der Waals surface area contributed by atoms with Crippen molar-refractivity contribution in [3.8, 4) is 17.3 Å². The van der Waals surface area contributed by atoms with Crippen LogP contribution in [0.25, 0.3) is 11.3 Å². The standard InChI is InChI=1S/C34H49N5O4/c1-24-19-36-28(17-26-9-11-27(12-10-26)38-25(2)20-42-21-32(40)43-33(3,4)5)18-29(24)30-7-6-8-31(39-30)37-23-34(22-35)13-15-41-16-14-34/h6-8,18-19,25-27,38H,9-17,20-21,23H2,1-5H3,(H,37,39)/t25-,26?,27?/m1/s1. The molecule has 1 aliphatic heterocycles. The summed E-state index contributed by atoms with van der Waals surface area (Å²) in [6, 6.07) is 11.4. The number of ether oxygens (including phenoxy) is 3. The second kappa shape index (κ2) is 15.1. The van der Waals surface area contributed by atoms with Crippen LogP contribution < -0.4 is 10.6 Å². The third-order valence-corrected chi connectivity index (χ3v) is 8.35. The van der Waals surface area contributed by atoms with Gasteiger partial charge in [-0.3, -0.25) is 4.98 Å². The van der Waals surface area contributed by atoms with Crippen molar-refractivity contribution < 1.29 is 19.0 Å². The molecule has 2 aliphatic rings. The highest BCUT2D eigenvalue weighted by molar-refractivity contribution is 5.71. The maximum Gasteiger partial charge on any atom is 0.332 e. The number of pyridine rings is 2. The van der Waals surface area contributed by atoms with Crippen molar-refractivity contribution in [2.75, 3.05) is 38.3 Å². The van der Waals surface area contributed by atoms with Crippen molar-refractivity contribution in [3.63, 3.8) is 0 Å². The summed E-state index contributed by atoms with van der Waals surface area (Å²) in [5.41, 5.74) is 3.32. The molecule has 0 bridgehead atoms. The van der Waals surface area contributed by atoms with Crippen molar-refractivity contribution in [2.45, 2.75) is 97.2 Å². The van der Waals surface area contributed by atoms with E-state index in [0.717, 1.165) is 73.3 Å². The Bertz CT molecular complexity index is 1240. The minimum atomic E-state index is -0.494. The Kier molecular flexibility index (Phi) is 11.5. The zero-order valence-corrected chi connectivity index (χ0v) is 26.6. The van der Waals surface area contributed by atoms with Crippen LogP contribution in [0.1, 0.15) is 77.5 Å². The number of nitrogens with zero attached hydrogens (tertiary/aromatic N) is 3. The molecule has 2 aromatic rings.